The topological polar surface area (TPSA) is 67.7 Å². The first-order valence-corrected chi connectivity index (χ1v) is 10.4. The molecule has 0 spiro atoms. The van der Waals surface area contributed by atoms with Crippen LogP contribution in [0.4, 0.5) is 17.1 Å². The summed E-state index contributed by atoms with van der Waals surface area (Å²) in [5.41, 5.74) is 5.64. The van der Waals surface area contributed by atoms with E-state index in [0.717, 1.165) is 48.6 Å². The van der Waals surface area contributed by atoms with E-state index in [1.54, 1.807) is 17.5 Å². The molecule has 5 aromatic rings. The fraction of sp³-hybridized carbons (Fsp3) is 0.0833. The molecular weight excluding hydrogens is 390 g/mol. The van der Waals surface area contributed by atoms with Crippen LogP contribution in [0.5, 0.6) is 0 Å². The average Bonchev–Trinajstić information content (AvgIpc) is 3.40. The Morgan fingerprint density at radius 2 is 2.00 bits per heavy atom. The van der Waals surface area contributed by atoms with E-state index in [9.17, 15) is 5.26 Å². The van der Waals surface area contributed by atoms with Crippen LogP contribution in [0.3, 0.4) is 0 Å². The van der Waals surface area contributed by atoms with E-state index in [1.165, 1.54) is 0 Å². The summed E-state index contributed by atoms with van der Waals surface area (Å²) in [6, 6.07) is 21.0. The Morgan fingerprint density at radius 1 is 1.10 bits per heavy atom. The molecule has 5 rings (SSSR count). The first-order valence-electron chi connectivity index (χ1n) is 9.57. The number of hydrogen-bond acceptors (Lipinski definition) is 5. The van der Waals surface area contributed by atoms with Gasteiger partial charge in [0, 0.05) is 59.0 Å². The van der Waals surface area contributed by atoms with Crippen LogP contribution in [0.25, 0.3) is 31.6 Å². The van der Waals surface area contributed by atoms with Gasteiger partial charge in [-0.25, -0.2) is 4.98 Å². The molecule has 0 saturated heterocycles. The Balaban J connectivity index is 1.62. The zero-order chi connectivity index (χ0) is 20.7. The molecule has 2 N–H and O–H groups in total. The minimum Gasteiger partial charge on any atom is -0.378 e. The summed E-state index contributed by atoms with van der Waals surface area (Å²) in [7, 11) is 4.07. The van der Waals surface area contributed by atoms with E-state index in [1.807, 2.05) is 38.5 Å². The van der Waals surface area contributed by atoms with Gasteiger partial charge in [0.25, 0.3) is 0 Å². The van der Waals surface area contributed by atoms with E-state index in [-0.39, 0.29) is 0 Å². The van der Waals surface area contributed by atoms with Crippen molar-refractivity contribution in [2.75, 3.05) is 24.3 Å². The zero-order valence-electron chi connectivity index (χ0n) is 16.6. The minimum atomic E-state index is 0.531. The number of rotatable bonds is 4. The van der Waals surface area contributed by atoms with Crippen molar-refractivity contribution in [2.24, 2.45) is 0 Å². The molecule has 0 radical (unpaired) electrons. The van der Waals surface area contributed by atoms with Gasteiger partial charge < -0.3 is 15.2 Å². The van der Waals surface area contributed by atoms with Crippen LogP contribution in [0, 0.1) is 11.3 Å². The number of aromatic nitrogens is 2. The smallest absolute Gasteiger partial charge is 0.126 e. The highest BCUT2D eigenvalue weighted by atomic mass is 32.1. The number of fused-ring (bicyclic) bond motifs is 2. The number of aromatic amines is 1. The van der Waals surface area contributed by atoms with Crippen LogP contribution in [-0.4, -0.2) is 24.1 Å². The lowest BCUT2D eigenvalue weighted by Crippen LogP contribution is -2.08. The van der Waals surface area contributed by atoms with Gasteiger partial charge in [0.15, 0.2) is 0 Å². The number of hydrogen-bond donors (Lipinski definition) is 2. The second-order valence-electron chi connectivity index (χ2n) is 7.34. The van der Waals surface area contributed by atoms with Crippen LogP contribution in [-0.2, 0) is 0 Å². The third-order valence-electron chi connectivity index (χ3n) is 5.15. The average molecular weight is 410 g/mol. The Hall–Kier alpha value is -3.82. The molecule has 0 amide bonds. The van der Waals surface area contributed by atoms with Gasteiger partial charge in [0.1, 0.15) is 10.9 Å². The maximum Gasteiger partial charge on any atom is 0.126 e. The SMILES string of the molecule is CN(C)c1cccc(-c2cc3c(Nc4ccc5[nH]ccc5c4)c(C#N)cnc3s2)c1. The highest BCUT2D eigenvalue weighted by Gasteiger charge is 2.14. The van der Waals surface area contributed by atoms with E-state index in [2.05, 4.69) is 62.7 Å². The molecule has 146 valence electrons. The molecule has 0 aliphatic rings. The van der Waals surface area contributed by atoms with Crippen LogP contribution in [0.2, 0.25) is 0 Å². The van der Waals surface area contributed by atoms with Crippen molar-refractivity contribution in [3.63, 3.8) is 0 Å². The molecule has 5 nitrogen and oxygen atoms in total. The van der Waals surface area contributed by atoms with Crippen molar-refractivity contribution in [3.8, 4) is 16.5 Å². The van der Waals surface area contributed by atoms with Crippen molar-refractivity contribution in [3.05, 3.63) is 72.6 Å². The first kappa shape index (κ1) is 18.2. The lowest BCUT2D eigenvalue weighted by Gasteiger charge is -2.12. The first-order chi connectivity index (χ1) is 14.6. The molecule has 2 aromatic carbocycles. The van der Waals surface area contributed by atoms with Gasteiger partial charge in [-0.05, 0) is 48.0 Å². The second-order valence-corrected chi connectivity index (χ2v) is 8.37. The molecule has 0 bridgehead atoms. The van der Waals surface area contributed by atoms with Crippen LogP contribution >= 0.6 is 11.3 Å². The highest BCUT2D eigenvalue weighted by Crippen LogP contribution is 2.39. The molecule has 0 saturated carbocycles. The third kappa shape index (κ3) is 3.15. The van der Waals surface area contributed by atoms with Crippen molar-refractivity contribution < 1.29 is 0 Å². The van der Waals surface area contributed by atoms with Crippen LogP contribution in [0.1, 0.15) is 5.56 Å². The normalized spacial score (nSPS) is 11.0. The number of benzene rings is 2. The Bertz CT molecular complexity index is 1420. The summed E-state index contributed by atoms with van der Waals surface area (Å²) in [5, 5.41) is 15.2. The molecule has 3 heterocycles. The molecule has 6 heteroatoms. The number of nitrogens with one attached hydrogen (secondary N) is 2. The van der Waals surface area contributed by atoms with Crippen LogP contribution < -0.4 is 10.2 Å². The molecule has 30 heavy (non-hydrogen) atoms. The lowest BCUT2D eigenvalue weighted by molar-refractivity contribution is 1.13. The van der Waals surface area contributed by atoms with Gasteiger partial charge in [0.05, 0.1) is 11.3 Å². The summed E-state index contributed by atoms with van der Waals surface area (Å²) in [4.78, 5) is 11.9. The van der Waals surface area contributed by atoms with Crippen molar-refractivity contribution in [1.29, 1.82) is 5.26 Å². The molecule has 0 atom stereocenters. The highest BCUT2D eigenvalue weighted by molar-refractivity contribution is 7.22. The number of nitrogens with zero attached hydrogens (tertiary/aromatic N) is 3. The molecule has 0 fully saturated rings. The zero-order valence-corrected chi connectivity index (χ0v) is 17.4. The summed E-state index contributed by atoms with van der Waals surface area (Å²) in [6.45, 7) is 0. The quantitative estimate of drug-likeness (QED) is 0.375. The molecule has 0 aliphatic carbocycles. The molecular formula is C24H19N5S. The number of anilines is 3. The fourth-order valence-corrected chi connectivity index (χ4v) is 4.57. The van der Waals surface area contributed by atoms with E-state index in [4.69, 9.17) is 0 Å². The van der Waals surface area contributed by atoms with Gasteiger partial charge in [-0.1, -0.05) is 12.1 Å². The Morgan fingerprint density at radius 3 is 2.83 bits per heavy atom. The molecule has 3 aromatic heterocycles. The van der Waals surface area contributed by atoms with Gasteiger partial charge in [0.2, 0.25) is 0 Å². The predicted molar refractivity (Wildman–Crippen MR) is 126 cm³/mol. The van der Waals surface area contributed by atoms with E-state index >= 15 is 0 Å². The number of H-pyrrole nitrogens is 1. The van der Waals surface area contributed by atoms with Crippen molar-refractivity contribution >= 4 is 49.5 Å². The van der Waals surface area contributed by atoms with E-state index in [0.29, 0.717) is 5.56 Å². The molecule has 0 aliphatic heterocycles. The van der Waals surface area contributed by atoms with Gasteiger partial charge in [-0.3, -0.25) is 0 Å². The Labute approximate surface area is 178 Å². The van der Waals surface area contributed by atoms with Crippen molar-refractivity contribution in [1.82, 2.24) is 9.97 Å². The number of thiophene rings is 1. The predicted octanol–water partition coefficient (Wildman–Crippen LogP) is 6.13. The summed E-state index contributed by atoms with van der Waals surface area (Å²) >= 11 is 1.63. The Kier molecular flexibility index (Phi) is 4.38. The lowest BCUT2D eigenvalue weighted by atomic mass is 10.1. The standard InChI is InChI=1S/C24H19N5S/c1-29(2)19-5-3-4-16(11-19)22-12-20-23(17(13-25)14-27-24(20)30-22)28-18-6-7-21-15(10-18)8-9-26-21/h3-12,14,26H,1-2H3,(H,27,28). The van der Waals surface area contributed by atoms with Crippen LogP contribution in [0.15, 0.2) is 67.0 Å². The maximum absolute atomic E-state index is 9.68. The minimum absolute atomic E-state index is 0.531. The molecule has 0 unspecified atom stereocenters. The van der Waals surface area contributed by atoms with Gasteiger partial charge in [-0.2, -0.15) is 5.26 Å². The largest absolute Gasteiger partial charge is 0.378 e. The third-order valence-corrected chi connectivity index (χ3v) is 6.24. The second kappa shape index (κ2) is 7.21. The van der Waals surface area contributed by atoms with Crippen molar-refractivity contribution in [2.45, 2.75) is 0 Å². The monoisotopic (exact) mass is 409 g/mol. The summed E-state index contributed by atoms with van der Waals surface area (Å²) < 4.78 is 0. The summed E-state index contributed by atoms with van der Waals surface area (Å²) in [6.07, 6.45) is 3.57. The summed E-state index contributed by atoms with van der Waals surface area (Å²) in [5.74, 6) is 0. The van der Waals surface area contributed by atoms with Gasteiger partial charge in [-0.15, -0.1) is 11.3 Å². The van der Waals surface area contributed by atoms with Gasteiger partial charge >= 0.3 is 0 Å². The fourth-order valence-electron chi connectivity index (χ4n) is 3.56. The maximum atomic E-state index is 9.68. The number of pyridine rings is 1. The van der Waals surface area contributed by atoms with E-state index < -0.39 is 0 Å². The number of nitriles is 1.